The van der Waals surface area contributed by atoms with Crippen LogP contribution in [0, 0.1) is 12.8 Å². The summed E-state index contributed by atoms with van der Waals surface area (Å²) in [5.41, 5.74) is 2.07. The van der Waals surface area contributed by atoms with Crippen LogP contribution in [0.25, 0.3) is 6.08 Å². The number of aliphatic carboxylic acids is 1. The van der Waals surface area contributed by atoms with E-state index < -0.39 is 12.0 Å². The Morgan fingerprint density at radius 3 is 2.80 bits per heavy atom. The number of carbonyl (C=O) groups excluding carboxylic acids is 1. The number of carbonyl (C=O) groups is 2. The Labute approximate surface area is 118 Å². The summed E-state index contributed by atoms with van der Waals surface area (Å²) in [5.74, 6) is -1.15. The molecular formula is C16H19NO3. The summed E-state index contributed by atoms with van der Waals surface area (Å²) in [5, 5.41) is 9.21. The maximum atomic E-state index is 12.1. The Morgan fingerprint density at radius 2 is 2.15 bits per heavy atom. The molecular weight excluding hydrogens is 254 g/mol. The van der Waals surface area contributed by atoms with E-state index >= 15 is 0 Å². The molecule has 4 heteroatoms. The van der Waals surface area contributed by atoms with Gasteiger partial charge in [0.2, 0.25) is 5.91 Å². The molecule has 1 amide bonds. The highest BCUT2D eigenvalue weighted by Gasteiger charge is 2.38. The van der Waals surface area contributed by atoms with Crippen LogP contribution < -0.4 is 0 Å². The predicted octanol–water partition coefficient (Wildman–Crippen LogP) is 2.33. The number of rotatable bonds is 3. The molecule has 1 N–H and O–H groups in total. The van der Waals surface area contributed by atoms with E-state index in [9.17, 15) is 14.7 Å². The number of benzene rings is 1. The summed E-state index contributed by atoms with van der Waals surface area (Å²) in [6, 6.07) is 7.10. The van der Waals surface area contributed by atoms with Gasteiger partial charge in [-0.2, -0.15) is 0 Å². The van der Waals surface area contributed by atoms with Crippen LogP contribution in [-0.2, 0) is 9.59 Å². The molecule has 1 aliphatic heterocycles. The van der Waals surface area contributed by atoms with Crippen molar-refractivity contribution in [1.29, 1.82) is 0 Å². The summed E-state index contributed by atoms with van der Waals surface area (Å²) in [6.07, 6.45) is 3.93. The van der Waals surface area contributed by atoms with Gasteiger partial charge in [0.1, 0.15) is 6.04 Å². The molecule has 0 radical (unpaired) electrons. The molecule has 0 spiro atoms. The predicted molar refractivity (Wildman–Crippen MR) is 77.1 cm³/mol. The molecule has 4 nitrogen and oxygen atoms in total. The van der Waals surface area contributed by atoms with Gasteiger partial charge in [0.05, 0.1) is 0 Å². The van der Waals surface area contributed by atoms with Gasteiger partial charge in [-0.25, -0.2) is 4.79 Å². The molecule has 0 aliphatic carbocycles. The zero-order chi connectivity index (χ0) is 14.7. The second-order valence-electron chi connectivity index (χ2n) is 5.33. The van der Waals surface area contributed by atoms with Gasteiger partial charge < -0.3 is 10.0 Å². The van der Waals surface area contributed by atoms with Gasteiger partial charge in [-0.3, -0.25) is 4.79 Å². The number of amides is 1. The normalized spacial score (nSPS) is 22.4. The van der Waals surface area contributed by atoms with Gasteiger partial charge in [0.15, 0.2) is 0 Å². The topological polar surface area (TPSA) is 57.6 Å². The van der Waals surface area contributed by atoms with Crippen LogP contribution in [0.2, 0.25) is 0 Å². The van der Waals surface area contributed by atoms with Gasteiger partial charge in [-0.05, 0) is 30.9 Å². The summed E-state index contributed by atoms with van der Waals surface area (Å²) in [6.45, 7) is 4.37. The van der Waals surface area contributed by atoms with Crippen molar-refractivity contribution in [2.75, 3.05) is 6.54 Å². The monoisotopic (exact) mass is 273 g/mol. The third-order valence-electron chi connectivity index (χ3n) is 3.70. The summed E-state index contributed by atoms with van der Waals surface area (Å²) in [4.78, 5) is 24.8. The third kappa shape index (κ3) is 3.07. The van der Waals surface area contributed by atoms with E-state index in [2.05, 4.69) is 0 Å². The van der Waals surface area contributed by atoms with Crippen molar-refractivity contribution in [3.63, 3.8) is 0 Å². The molecule has 106 valence electrons. The molecule has 2 atom stereocenters. The number of hydrogen-bond acceptors (Lipinski definition) is 2. The Morgan fingerprint density at radius 1 is 1.40 bits per heavy atom. The summed E-state index contributed by atoms with van der Waals surface area (Å²) < 4.78 is 0. The van der Waals surface area contributed by atoms with E-state index in [1.165, 1.54) is 11.0 Å². The second-order valence-corrected chi connectivity index (χ2v) is 5.33. The van der Waals surface area contributed by atoms with Gasteiger partial charge in [0.25, 0.3) is 0 Å². The molecule has 1 fully saturated rings. The largest absolute Gasteiger partial charge is 0.480 e. The minimum atomic E-state index is -0.924. The fraction of sp³-hybridized carbons (Fsp3) is 0.375. The lowest BCUT2D eigenvalue weighted by Gasteiger charge is -2.21. The molecule has 0 saturated carbocycles. The van der Waals surface area contributed by atoms with Crippen molar-refractivity contribution in [2.24, 2.45) is 5.92 Å². The standard InChI is InChI=1S/C16H19NO3/c1-11-4-3-5-13(10-11)6-7-14(18)17-9-8-12(2)15(17)16(19)20/h3-7,10,12,15H,8-9H2,1-2H3,(H,19,20)/b7-6+. The number of likely N-dealkylation sites (tertiary alicyclic amines) is 1. The first-order valence-electron chi connectivity index (χ1n) is 6.77. The zero-order valence-corrected chi connectivity index (χ0v) is 11.7. The van der Waals surface area contributed by atoms with Gasteiger partial charge in [-0.1, -0.05) is 36.8 Å². The molecule has 1 aromatic rings. The Bertz CT molecular complexity index is 550. The van der Waals surface area contributed by atoms with Crippen molar-refractivity contribution in [3.8, 4) is 0 Å². The van der Waals surface area contributed by atoms with E-state index in [1.807, 2.05) is 38.1 Å². The number of hydrogen-bond donors (Lipinski definition) is 1. The molecule has 1 heterocycles. The van der Waals surface area contributed by atoms with Crippen molar-refractivity contribution >= 4 is 18.0 Å². The highest BCUT2D eigenvalue weighted by Crippen LogP contribution is 2.24. The van der Waals surface area contributed by atoms with E-state index in [1.54, 1.807) is 6.08 Å². The van der Waals surface area contributed by atoms with Gasteiger partial charge in [-0.15, -0.1) is 0 Å². The highest BCUT2D eigenvalue weighted by atomic mass is 16.4. The molecule has 1 saturated heterocycles. The molecule has 0 aromatic heterocycles. The molecule has 0 bridgehead atoms. The van der Waals surface area contributed by atoms with Crippen molar-refractivity contribution in [3.05, 3.63) is 41.5 Å². The lowest BCUT2D eigenvalue weighted by molar-refractivity contribution is -0.147. The Kier molecular flexibility index (Phi) is 4.23. The second kappa shape index (κ2) is 5.90. The summed E-state index contributed by atoms with van der Waals surface area (Å²) in [7, 11) is 0. The Balaban J connectivity index is 2.10. The highest BCUT2D eigenvalue weighted by molar-refractivity contribution is 5.94. The van der Waals surface area contributed by atoms with E-state index in [0.29, 0.717) is 6.54 Å². The van der Waals surface area contributed by atoms with E-state index in [4.69, 9.17) is 0 Å². The SMILES string of the molecule is Cc1cccc(/C=C/C(=O)N2CCC(C)C2C(=O)O)c1. The number of aryl methyl sites for hydroxylation is 1. The molecule has 2 rings (SSSR count). The van der Waals surface area contributed by atoms with Crippen LogP contribution >= 0.6 is 0 Å². The average molecular weight is 273 g/mol. The van der Waals surface area contributed by atoms with Crippen molar-refractivity contribution in [2.45, 2.75) is 26.3 Å². The van der Waals surface area contributed by atoms with Crippen LogP contribution in [0.1, 0.15) is 24.5 Å². The first-order valence-corrected chi connectivity index (χ1v) is 6.77. The van der Waals surface area contributed by atoms with Crippen LogP contribution in [0.5, 0.6) is 0 Å². The van der Waals surface area contributed by atoms with Gasteiger partial charge in [0, 0.05) is 12.6 Å². The van der Waals surface area contributed by atoms with Gasteiger partial charge >= 0.3 is 5.97 Å². The lowest BCUT2D eigenvalue weighted by Crippen LogP contribution is -2.42. The molecule has 2 unspecified atom stereocenters. The molecule has 1 aliphatic rings. The first-order chi connectivity index (χ1) is 9.49. The quantitative estimate of drug-likeness (QED) is 0.860. The van der Waals surface area contributed by atoms with Crippen LogP contribution in [0.4, 0.5) is 0 Å². The lowest BCUT2D eigenvalue weighted by atomic mass is 10.0. The fourth-order valence-electron chi connectivity index (χ4n) is 2.61. The fourth-order valence-corrected chi connectivity index (χ4v) is 2.61. The average Bonchev–Trinajstić information content (AvgIpc) is 2.78. The Hall–Kier alpha value is -2.10. The van der Waals surface area contributed by atoms with E-state index in [0.717, 1.165) is 17.5 Å². The van der Waals surface area contributed by atoms with Crippen molar-refractivity contribution < 1.29 is 14.7 Å². The summed E-state index contributed by atoms with van der Waals surface area (Å²) >= 11 is 0. The smallest absolute Gasteiger partial charge is 0.326 e. The van der Waals surface area contributed by atoms with E-state index in [-0.39, 0.29) is 11.8 Å². The number of carboxylic acids is 1. The number of carboxylic acid groups (broad SMARTS) is 1. The number of nitrogens with zero attached hydrogens (tertiary/aromatic N) is 1. The van der Waals surface area contributed by atoms with Crippen LogP contribution in [-0.4, -0.2) is 34.5 Å². The minimum absolute atomic E-state index is 0.00354. The maximum absolute atomic E-state index is 12.1. The zero-order valence-electron chi connectivity index (χ0n) is 11.7. The minimum Gasteiger partial charge on any atom is -0.480 e. The van der Waals surface area contributed by atoms with Crippen molar-refractivity contribution in [1.82, 2.24) is 4.90 Å². The molecule has 20 heavy (non-hydrogen) atoms. The maximum Gasteiger partial charge on any atom is 0.326 e. The first kappa shape index (κ1) is 14.3. The third-order valence-corrected chi connectivity index (χ3v) is 3.70. The van der Waals surface area contributed by atoms with Crippen LogP contribution in [0.3, 0.4) is 0 Å². The van der Waals surface area contributed by atoms with Crippen LogP contribution in [0.15, 0.2) is 30.3 Å². The molecule has 1 aromatic carbocycles.